The van der Waals surface area contributed by atoms with E-state index in [1.807, 2.05) is 6.92 Å². The molecule has 84 valence electrons. The van der Waals surface area contributed by atoms with Crippen molar-refractivity contribution in [2.45, 2.75) is 25.6 Å². The molecule has 0 unspecified atom stereocenters. The van der Waals surface area contributed by atoms with E-state index < -0.39 is 0 Å². The number of aryl methyl sites for hydroxylation is 1. The van der Waals surface area contributed by atoms with Gasteiger partial charge in [0.1, 0.15) is 0 Å². The van der Waals surface area contributed by atoms with E-state index in [1.165, 1.54) is 0 Å². The highest BCUT2D eigenvalue weighted by atomic mass is 32.2. The number of thioether (sulfide) groups is 1. The van der Waals surface area contributed by atoms with Gasteiger partial charge in [-0.15, -0.1) is 5.10 Å². The van der Waals surface area contributed by atoms with Crippen LogP contribution in [0.1, 0.15) is 19.2 Å². The normalized spacial score (nSPS) is 10.3. The average molecular weight is 229 g/mol. The maximum absolute atomic E-state index is 10.9. The van der Waals surface area contributed by atoms with E-state index in [0.29, 0.717) is 6.42 Å². The quantitative estimate of drug-likeness (QED) is 0.698. The molecule has 0 atom stereocenters. The zero-order chi connectivity index (χ0) is 11.1. The van der Waals surface area contributed by atoms with Gasteiger partial charge in [0.05, 0.1) is 5.75 Å². The minimum absolute atomic E-state index is 0.0672. The highest BCUT2D eigenvalue weighted by Gasteiger charge is 2.04. The first-order valence-electron chi connectivity index (χ1n) is 4.81. The summed E-state index contributed by atoms with van der Waals surface area (Å²) in [6, 6.07) is 0. The Balaban J connectivity index is 2.23. The first-order chi connectivity index (χ1) is 7.27. The summed E-state index contributed by atoms with van der Waals surface area (Å²) in [5.41, 5.74) is 0. The fourth-order valence-electron chi connectivity index (χ4n) is 1.03. The molecule has 1 rings (SSSR count). The van der Waals surface area contributed by atoms with Crippen molar-refractivity contribution in [1.82, 2.24) is 25.5 Å². The Morgan fingerprint density at radius 1 is 1.60 bits per heavy atom. The maximum atomic E-state index is 10.9. The van der Waals surface area contributed by atoms with Gasteiger partial charge in [0.2, 0.25) is 5.91 Å². The second-order valence-electron chi connectivity index (χ2n) is 2.89. The summed E-state index contributed by atoms with van der Waals surface area (Å²) >= 11 is 1.66. The molecule has 0 saturated carbocycles. The Morgan fingerprint density at radius 3 is 3.07 bits per heavy atom. The molecule has 0 saturated heterocycles. The Kier molecular flexibility index (Phi) is 5.09. The molecule has 0 bridgehead atoms. The number of nitrogens with zero attached hydrogens (tertiary/aromatic N) is 4. The Bertz CT molecular complexity index is 314. The van der Waals surface area contributed by atoms with Crippen LogP contribution in [0.5, 0.6) is 0 Å². The summed E-state index contributed by atoms with van der Waals surface area (Å²) in [6.07, 6.45) is 0.537. The van der Waals surface area contributed by atoms with E-state index in [4.69, 9.17) is 0 Å². The molecule has 0 aliphatic heterocycles. The summed E-state index contributed by atoms with van der Waals surface area (Å²) < 4.78 is 1.76. The Labute approximate surface area is 92.8 Å². The third-order valence-electron chi connectivity index (χ3n) is 1.89. The number of hydrogen-bond acceptors (Lipinski definition) is 5. The smallest absolute Gasteiger partial charge is 0.220 e. The molecule has 0 aliphatic rings. The van der Waals surface area contributed by atoms with Crippen molar-refractivity contribution in [3.63, 3.8) is 0 Å². The van der Waals surface area contributed by atoms with Gasteiger partial charge in [-0.25, -0.2) is 4.68 Å². The summed E-state index contributed by atoms with van der Waals surface area (Å²) in [7, 11) is 1.64. The van der Waals surface area contributed by atoms with Gasteiger partial charge >= 0.3 is 0 Å². The number of tetrazole rings is 1. The van der Waals surface area contributed by atoms with Crippen molar-refractivity contribution < 1.29 is 4.79 Å². The van der Waals surface area contributed by atoms with Crippen LogP contribution in [0.25, 0.3) is 0 Å². The Hall–Kier alpha value is -1.11. The number of carbonyl (C=O) groups is 1. The fourth-order valence-corrected chi connectivity index (χ4v) is 1.89. The van der Waals surface area contributed by atoms with Crippen molar-refractivity contribution in [3.8, 4) is 0 Å². The van der Waals surface area contributed by atoms with Crippen LogP contribution in [0, 0.1) is 0 Å². The fraction of sp³-hybridized carbons (Fsp3) is 0.750. The summed E-state index contributed by atoms with van der Waals surface area (Å²) in [4.78, 5) is 10.9. The van der Waals surface area contributed by atoms with Gasteiger partial charge in [0.15, 0.2) is 5.82 Å². The molecule has 1 N–H and O–H groups in total. The van der Waals surface area contributed by atoms with E-state index in [0.717, 1.165) is 23.9 Å². The first-order valence-corrected chi connectivity index (χ1v) is 5.96. The van der Waals surface area contributed by atoms with Crippen LogP contribution < -0.4 is 5.32 Å². The molecule has 15 heavy (non-hydrogen) atoms. The monoisotopic (exact) mass is 229 g/mol. The summed E-state index contributed by atoms with van der Waals surface area (Å²) in [5, 5.41) is 13.9. The average Bonchev–Trinajstić information content (AvgIpc) is 2.71. The van der Waals surface area contributed by atoms with Gasteiger partial charge in [0, 0.05) is 25.8 Å². The van der Waals surface area contributed by atoms with Crippen LogP contribution >= 0.6 is 11.8 Å². The second kappa shape index (κ2) is 6.39. The van der Waals surface area contributed by atoms with E-state index in [-0.39, 0.29) is 5.91 Å². The lowest BCUT2D eigenvalue weighted by Gasteiger charge is -2.01. The van der Waals surface area contributed by atoms with Crippen LogP contribution in [-0.4, -0.2) is 38.9 Å². The molecule has 1 amide bonds. The molecule has 1 aromatic rings. The number of amides is 1. The number of carbonyl (C=O) groups excluding carboxylic acids is 1. The highest BCUT2D eigenvalue weighted by Crippen LogP contribution is 2.09. The van der Waals surface area contributed by atoms with Crippen molar-refractivity contribution in [2.24, 2.45) is 0 Å². The molecule has 0 spiro atoms. The van der Waals surface area contributed by atoms with Gasteiger partial charge in [-0.2, -0.15) is 11.8 Å². The van der Waals surface area contributed by atoms with Gasteiger partial charge in [-0.1, -0.05) is 0 Å². The molecule has 1 aromatic heterocycles. The van der Waals surface area contributed by atoms with Crippen molar-refractivity contribution in [2.75, 3.05) is 12.8 Å². The SMILES string of the molecule is CCn1nnnc1CSCCC(=O)NC. The molecular formula is C8H15N5OS. The van der Waals surface area contributed by atoms with E-state index in [9.17, 15) is 4.79 Å². The molecule has 1 heterocycles. The van der Waals surface area contributed by atoms with Gasteiger partial charge < -0.3 is 5.32 Å². The minimum Gasteiger partial charge on any atom is -0.359 e. The van der Waals surface area contributed by atoms with Crippen LogP contribution in [0.15, 0.2) is 0 Å². The van der Waals surface area contributed by atoms with E-state index >= 15 is 0 Å². The molecule has 0 radical (unpaired) electrons. The van der Waals surface area contributed by atoms with E-state index in [2.05, 4.69) is 20.8 Å². The molecule has 7 heteroatoms. The maximum Gasteiger partial charge on any atom is 0.220 e. The van der Waals surface area contributed by atoms with Gasteiger partial charge in [-0.3, -0.25) is 4.79 Å². The second-order valence-corrected chi connectivity index (χ2v) is 3.99. The summed E-state index contributed by atoms with van der Waals surface area (Å²) in [6.45, 7) is 2.77. The number of rotatable bonds is 6. The lowest BCUT2D eigenvalue weighted by atomic mass is 10.5. The van der Waals surface area contributed by atoms with Crippen molar-refractivity contribution in [3.05, 3.63) is 5.82 Å². The minimum atomic E-state index is 0.0672. The van der Waals surface area contributed by atoms with Crippen LogP contribution in [-0.2, 0) is 17.1 Å². The summed E-state index contributed by atoms with van der Waals surface area (Å²) in [5.74, 6) is 2.46. The zero-order valence-electron chi connectivity index (χ0n) is 8.93. The Morgan fingerprint density at radius 2 is 2.40 bits per heavy atom. The van der Waals surface area contributed by atoms with Crippen molar-refractivity contribution in [1.29, 1.82) is 0 Å². The third-order valence-corrected chi connectivity index (χ3v) is 2.84. The lowest BCUT2D eigenvalue weighted by Crippen LogP contribution is -2.17. The van der Waals surface area contributed by atoms with Crippen LogP contribution in [0.4, 0.5) is 0 Å². The molecule has 6 nitrogen and oxygen atoms in total. The number of aromatic nitrogens is 4. The molecule has 0 aliphatic carbocycles. The molecular weight excluding hydrogens is 214 g/mol. The third kappa shape index (κ3) is 3.86. The number of hydrogen-bond donors (Lipinski definition) is 1. The van der Waals surface area contributed by atoms with Crippen LogP contribution in [0.3, 0.4) is 0 Å². The number of nitrogens with one attached hydrogen (secondary N) is 1. The standard InChI is InChI=1S/C8H15N5OS/c1-3-13-7(10-11-12-13)6-15-5-4-8(14)9-2/h3-6H2,1-2H3,(H,9,14). The van der Waals surface area contributed by atoms with Gasteiger partial charge in [-0.05, 0) is 17.4 Å². The van der Waals surface area contributed by atoms with Gasteiger partial charge in [0.25, 0.3) is 0 Å². The predicted octanol–water partition coefficient (Wildman–Crippen LogP) is 0.0623. The van der Waals surface area contributed by atoms with Crippen molar-refractivity contribution >= 4 is 17.7 Å². The topological polar surface area (TPSA) is 72.7 Å². The van der Waals surface area contributed by atoms with E-state index in [1.54, 1.807) is 23.5 Å². The van der Waals surface area contributed by atoms with Crippen LogP contribution in [0.2, 0.25) is 0 Å². The predicted molar refractivity (Wildman–Crippen MR) is 58.3 cm³/mol. The highest BCUT2D eigenvalue weighted by molar-refractivity contribution is 7.98. The lowest BCUT2D eigenvalue weighted by molar-refractivity contribution is -0.120. The largest absolute Gasteiger partial charge is 0.359 e. The zero-order valence-corrected chi connectivity index (χ0v) is 9.75. The molecule has 0 aromatic carbocycles. The molecule has 0 fully saturated rings. The first kappa shape index (κ1) is 12.0.